The van der Waals surface area contributed by atoms with Crippen molar-refractivity contribution in [3.05, 3.63) is 65.6 Å². The maximum Gasteiger partial charge on any atom is 0.243 e. The molecule has 1 amide bonds. The molecule has 1 unspecified atom stereocenters. The second kappa shape index (κ2) is 11.4. The fourth-order valence-corrected chi connectivity index (χ4v) is 3.77. The molecule has 33 heavy (non-hydrogen) atoms. The van der Waals surface area contributed by atoms with E-state index in [0.29, 0.717) is 25.5 Å². The lowest BCUT2D eigenvalue weighted by atomic mass is 10.0. The summed E-state index contributed by atoms with van der Waals surface area (Å²) in [5, 5.41) is 7.66. The van der Waals surface area contributed by atoms with E-state index >= 15 is 0 Å². The Hall–Kier alpha value is -2.82. The first-order valence-electron chi connectivity index (χ1n) is 10.7. The molecule has 0 spiro atoms. The summed E-state index contributed by atoms with van der Waals surface area (Å²) in [6.45, 7) is 1.24. The van der Waals surface area contributed by atoms with Crippen LogP contribution in [-0.4, -0.2) is 55.5 Å². The number of nitrogens with zero attached hydrogens (tertiary/aromatic N) is 2. The zero-order valence-corrected chi connectivity index (χ0v) is 21.1. The molecule has 0 bridgehead atoms. The van der Waals surface area contributed by atoms with Crippen LogP contribution in [-0.2, 0) is 11.2 Å². The van der Waals surface area contributed by atoms with Crippen molar-refractivity contribution in [2.24, 2.45) is 4.99 Å². The molecule has 0 fully saturated rings. The molecule has 1 aliphatic heterocycles. The summed E-state index contributed by atoms with van der Waals surface area (Å²) in [4.78, 5) is 21.3. The number of nitrogens with one attached hydrogen (secondary N) is 3. The van der Waals surface area contributed by atoms with Crippen molar-refractivity contribution >= 4 is 46.7 Å². The van der Waals surface area contributed by atoms with Gasteiger partial charge in [0, 0.05) is 49.7 Å². The van der Waals surface area contributed by atoms with Crippen molar-refractivity contribution in [3.63, 3.8) is 0 Å². The molecule has 2 heterocycles. The van der Waals surface area contributed by atoms with Crippen molar-refractivity contribution in [2.45, 2.75) is 18.9 Å². The van der Waals surface area contributed by atoms with Gasteiger partial charge in [-0.25, -0.2) is 9.38 Å². The number of hydrogen-bond acceptors (Lipinski definition) is 3. The van der Waals surface area contributed by atoms with Crippen LogP contribution in [0.25, 0.3) is 10.9 Å². The summed E-state index contributed by atoms with van der Waals surface area (Å²) in [6, 6.07) is 12.7. The minimum absolute atomic E-state index is 0. The molecule has 176 valence electrons. The van der Waals surface area contributed by atoms with Crippen molar-refractivity contribution in [2.75, 3.05) is 33.8 Å². The number of H-pyrrole nitrogens is 1. The second-order valence-electron chi connectivity index (χ2n) is 8.01. The zero-order chi connectivity index (χ0) is 22.5. The Balaban J connectivity index is 0.00000306. The SMILES string of the molecule is CN(C)C(=O)CN=C(NCCc1c[nH]c2ccc(F)cc12)NC1CCOc2ccccc21.I. The van der Waals surface area contributed by atoms with E-state index in [1.54, 1.807) is 26.2 Å². The van der Waals surface area contributed by atoms with Crippen LogP contribution in [0.4, 0.5) is 4.39 Å². The Morgan fingerprint density at radius 3 is 2.91 bits per heavy atom. The molecule has 1 atom stereocenters. The lowest BCUT2D eigenvalue weighted by Gasteiger charge is -2.28. The normalized spacial score (nSPS) is 15.2. The summed E-state index contributed by atoms with van der Waals surface area (Å²) >= 11 is 0. The number of halogens is 2. The number of hydrogen-bond donors (Lipinski definition) is 3. The second-order valence-corrected chi connectivity index (χ2v) is 8.01. The molecule has 2 aromatic carbocycles. The molecule has 1 aliphatic rings. The number of amides is 1. The predicted octanol–water partition coefficient (Wildman–Crippen LogP) is 3.61. The topological polar surface area (TPSA) is 81.8 Å². The monoisotopic (exact) mass is 565 g/mol. The number of carbonyl (C=O) groups excluding carboxylic acids is 1. The molecular weight excluding hydrogens is 536 g/mol. The van der Waals surface area contributed by atoms with Gasteiger partial charge in [-0.3, -0.25) is 4.79 Å². The number of aliphatic imine (C=N–C) groups is 1. The van der Waals surface area contributed by atoms with Gasteiger partial charge in [0.25, 0.3) is 0 Å². The van der Waals surface area contributed by atoms with Gasteiger partial charge in [0.1, 0.15) is 18.1 Å². The molecule has 1 aromatic heterocycles. The molecule has 7 nitrogen and oxygen atoms in total. The van der Waals surface area contributed by atoms with Crippen molar-refractivity contribution in [1.82, 2.24) is 20.5 Å². The molecule has 0 radical (unpaired) electrons. The fraction of sp³-hybridized carbons (Fsp3) is 0.333. The first-order valence-corrected chi connectivity index (χ1v) is 10.7. The third kappa shape index (κ3) is 6.16. The van der Waals surface area contributed by atoms with Gasteiger partial charge in [-0.05, 0) is 36.2 Å². The van der Waals surface area contributed by atoms with Crippen LogP contribution in [0.15, 0.2) is 53.7 Å². The van der Waals surface area contributed by atoms with Crippen molar-refractivity contribution in [3.8, 4) is 5.75 Å². The van der Waals surface area contributed by atoms with Crippen LogP contribution >= 0.6 is 24.0 Å². The number of likely N-dealkylation sites (N-methyl/N-ethyl adjacent to an activating group) is 1. The van der Waals surface area contributed by atoms with Crippen LogP contribution in [0.1, 0.15) is 23.6 Å². The maximum atomic E-state index is 13.7. The third-order valence-electron chi connectivity index (χ3n) is 5.56. The van der Waals surface area contributed by atoms with E-state index in [-0.39, 0.29) is 48.3 Å². The Morgan fingerprint density at radius 2 is 2.09 bits per heavy atom. The average molecular weight is 565 g/mol. The number of aromatic nitrogens is 1. The van der Waals surface area contributed by atoms with E-state index in [0.717, 1.165) is 34.2 Å². The van der Waals surface area contributed by atoms with Crippen molar-refractivity contribution < 1.29 is 13.9 Å². The highest BCUT2D eigenvalue weighted by molar-refractivity contribution is 14.0. The standard InChI is InChI=1S/C24H28FN5O2.HI/c1-30(2)23(31)15-28-24(29-21-10-12-32-22-6-4-3-5-18(21)22)26-11-9-16-14-27-20-8-7-17(25)13-19(16)20;/h3-8,13-14,21,27H,9-12,15H2,1-2H3,(H2,26,28,29);1H. The summed E-state index contributed by atoms with van der Waals surface area (Å²) in [5.41, 5.74) is 3.00. The van der Waals surface area contributed by atoms with E-state index in [1.165, 1.54) is 11.0 Å². The fourth-order valence-electron chi connectivity index (χ4n) is 3.77. The summed E-state index contributed by atoms with van der Waals surface area (Å²) in [6.07, 6.45) is 3.37. The molecule has 3 aromatic rings. The number of fused-ring (bicyclic) bond motifs is 2. The minimum Gasteiger partial charge on any atom is -0.493 e. The van der Waals surface area contributed by atoms with Gasteiger partial charge < -0.3 is 25.3 Å². The largest absolute Gasteiger partial charge is 0.493 e. The molecule has 0 aliphatic carbocycles. The minimum atomic E-state index is -0.254. The van der Waals surface area contributed by atoms with Gasteiger partial charge >= 0.3 is 0 Å². The Morgan fingerprint density at radius 1 is 1.27 bits per heavy atom. The molecular formula is C24H29FIN5O2. The van der Waals surface area contributed by atoms with Crippen LogP contribution < -0.4 is 15.4 Å². The van der Waals surface area contributed by atoms with Gasteiger partial charge in [-0.1, -0.05) is 18.2 Å². The van der Waals surface area contributed by atoms with Crippen LogP contribution in [0.5, 0.6) is 5.75 Å². The molecule has 0 saturated heterocycles. The number of ether oxygens (including phenoxy) is 1. The number of guanidine groups is 1. The Bertz CT molecular complexity index is 1130. The molecule has 9 heteroatoms. The average Bonchev–Trinajstić information content (AvgIpc) is 3.19. The molecule has 3 N–H and O–H groups in total. The van der Waals surface area contributed by atoms with Crippen molar-refractivity contribution in [1.29, 1.82) is 0 Å². The number of benzene rings is 2. The van der Waals surface area contributed by atoms with Gasteiger partial charge in [0.15, 0.2) is 5.96 Å². The van der Waals surface area contributed by atoms with E-state index in [1.807, 2.05) is 30.5 Å². The maximum absolute atomic E-state index is 13.7. The number of para-hydroxylation sites is 1. The van der Waals surface area contributed by atoms with E-state index in [9.17, 15) is 9.18 Å². The lowest BCUT2D eigenvalue weighted by molar-refractivity contribution is -0.127. The number of carbonyl (C=O) groups is 1. The summed E-state index contributed by atoms with van der Waals surface area (Å²) in [7, 11) is 3.42. The van der Waals surface area contributed by atoms with Gasteiger partial charge in [0.05, 0.1) is 12.6 Å². The highest BCUT2D eigenvalue weighted by atomic mass is 127. The number of rotatable bonds is 6. The molecule has 4 rings (SSSR count). The van der Waals surface area contributed by atoms with Crippen LogP contribution in [0.2, 0.25) is 0 Å². The van der Waals surface area contributed by atoms with E-state index in [2.05, 4.69) is 20.6 Å². The Kier molecular flexibility index (Phi) is 8.54. The Labute approximate surface area is 209 Å². The smallest absolute Gasteiger partial charge is 0.243 e. The van der Waals surface area contributed by atoms with E-state index < -0.39 is 0 Å². The van der Waals surface area contributed by atoms with E-state index in [4.69, 9.17) is 4.74 Å². The van der Waals surface area contributed by atoms with Gasteiger partial charge in [0.2, 0.25) is 5.91 Å². The van der Waals surface area contributed by atoms with Crippen LogP contribution in [0.3, 0.4) is 0 Å². The predicted molar refractivity (Wildman–Crippen MR) is 139 cm³/mol. The van der Waals surface area contributed by atoms with Crippen LogP contribution in [0, 0.1) is 5.82 Å². The first-order chi connectivity index (χ1) is 15.5. The summed E-state index contributed by atoms with van der Waals surface area (Å²) in [5.74, 6) is 1.09. The van der Waals surface area contributed by atoms with Gasteiger partial charge in [-0.15, -0.1) is 24.0 Å². The quantitative estimate of drug-likeness (QED) is 0.243. The first kappa shape index (κ1) is 24.8. The highest BCUT2D eigenvalue weighted by Gasteiger charge is 2.22. The van der Waals surface area contributed by atoms with Gasteiger partial charge in [-0.2, -0.15) is 0 Å². The number of aromatic amines is 1. The zero-order valence-electron chi connectivity index (χ0n) is 18.7. The lowest BCUT2D eigenvalue weighted by Crippen LogP contribution is -2.42. The highest BCUT2D eigenvalue weighted by Crippen LogP contribution is 2.31. The summed E-state index contributed by atoms with van der Waals surface area (Å²) < 4.78 is 19.4. The molecule has 0 saturated carbocycles. The third-order valence-corrected chi connectivity index (χ3v) is 5.56.